The Morgan fingerprint density at radius 1 is 0.936 bits per heavy atom. The van der Waals surface area contributed by atoms with Crippen LogP contribution in [0, 0.1) is 0 Å². The van der Waals surface area contributed by atoms with Crippen molar-refractivity contribution in [2.45, 2.75) is 135 Å². The fraction of sp³-hybridized carbons (Fsp3) is 0.806. The standard InChI is InChI=1S/C31H53N5O10S/c1-4-7-10-13-25(38)32-22(30(43)33-24-16-36(35-34-24)31-29(42)28(41)23(17-37)46-31)20-47-19-21(45-27(40)15-12-9-6-3)18-44-26(39)14-11-8-5-2/h16,21-23,28-29,31,37,41-42H,4-15,17-20H2,1-3H3,(H,32,38)(H,33,43)/t21-,22-,23?,28-,29-,31+/m1/s1. The van der Waals surface area contributed by atoms with Gasteiger partial charge in [-0.05, 0) is 19.3 Å². The molecule has 16 heteroatoms. The number of nitrogens with zero attached hydrogens (tertiary/aromatic N) is 3. The Kier molecular flexibility index (Phi) is 19.5. The number of amides is 2. The number of aromatic nitrogens is 3. The first kappa shape index (κ1) is 40.4. The molecule has 2 amide bonds. The number of ether oxygens (including phenoxy) is 3. The summed E-state index contributed by atoms with van der Waals surface area (Å²) < 4.78 is 17.6. The molecule has 15 nitrogen and oxygen atoms in total. The van der Waals surface area contributed by atoms with Gasteiger partial charge in [-0.25, -0.2) is 4.68 Å². The monoisotopic (exact) mass is 687 g/mol. The zero-order valence-corrected chi connectivity index (χ0v) is 28.6. The van der Waals surface area contributed by atoms with Gasteiger partial charge in [0, 0.05) is 30.8 Å². The lowest BCUT2D eigenvalue weighted by atomic mass is 10.1. The Balaban J connectivity index is 2.06. The molecule has 268 valence electrons. The lowest BCUT2D eigenvalue weighted by molar-refractivity contribution is -0.157. The van der Waals surface area contributed by atoms with E-state index in [0.717, 1.165) is 43.2 Å². The van der Waals surface area contributed by atoms with Crippen LogP contribution in [0.5, 0.6) is 0 Å². The smallest absolute Gasteiger partial charge is 0.306 e. The van der Waals surface area contributed by atoms with E-state index >= 15 is 0 Å². The van der Waals surface area contributed by atoms with E-state index in [0.29, 0.717) is 19.3 Å². The summed E-state index contributed by atoms with van der Waals surface area (Å²) in [5.74, 6) is -1.28. The van der Waals surface area contributed by atoms with Gasteiger partial charge in [-0.1, -0.05) is 64.5 Å². The van der Waals surface area contributed by atoms with E-state index in [1.54, 1.807) is 0 Å². The molecule has 0 radical (unpaired) electrons. The van der Waals surface area contributed by atoms with Gasteiger partial charge >= 0.3 is 11.9 Å². The van der Waals surface area contributed by atoms with E-state index in [1.807, 2.05) is 20.8 Å². The maximum atomic E-state index is 13.3. The van der Waals surface area contributed by atoms with E-state index in [4.69, 9.17) is 14.2 Å². The molecule has 0 aromatic carbocycles. The molecule has 1 aromatic rings. The molecule has 1 aliphatic rings. The van der Waals surface area contributed by atoms with Crippen LogP contribution in [-0.2, 0) is 33.4 Å². The summed E-state index contributed by atoms with van der Waals surface area (Å²) in [4.78, 5) is 50.7. The molecule has 0 saturated carbocycles. The Labute approximate surface area is 280 Å². The van der Waals surface area contributed by atoms with Gasteiger partial charge in [0.05, 0.1) is 12.8 Å². The van der Waals surface area contributed by atoms with Crippen LogP contribution in [-0.4, -0.2) is 109 Å². The maximum Gasteiger partial charge on any atom is 0.306 e. The molecule has 0 bridgehead atoms. The molecule has 6 atom stereocenters. The summed E-state index contributed by atoms with van der Waals surface area (Å²) in [6, 6.07) is -0.995. The molecule has 1 aliphatic heterocycles. The largest absolute Gasteiger partial charge is 0.462 e. The predicted octanol–water partition coefficient (Wildman–Crippen LogP) is 2.24. The molecule has 1 aromatic heterocycles. The van der Waals surface area contributed by atoms with Gasteiger partial charge in [0.2, 0.25) is 11.8 Å². The molecular formula is C31H53N5O10S. The number of hydrogen-bond donors (Lipinski definition) is 5. The van der Waals surface area contributed by atoms with Gasteiger partial charge < -0.3 is 40.2 Å². The quantitative estimate of drug-likeness (QED) is 0.0781. The van der Waals surface area contributed by atoms with Crippen molar-refractivity contribution in [1.82, 2.24) is 20.3 Å². The van der Waals surface area contributed by atoms with E-state index in [-0.39, 0.29) is 61.0 Å². The van der Waals surface area contributed by atoms with E-state index in [1.165, 1.54) is 18.0 Å². The molecule has 0 aliphatic carbocycles. The van der Waals surface area contributed by atoms with Crippen molar-refractivity contribution in [3.05, 3.63) is 6.20 Å². The first-order valence-corrected chi connectivity index (χ1v) is 17.9. The van der Waals surface area contributed by atoms with Gasteiger partial charge in [0.15, 0.2) is 12.0 Å². The zero-order valence-electron chi connectivity index (χ0n) is 27.8. The van der Waals surface area contributed by atoms with Crippen molar-refractivity contribution in [2.75, 3.05) is 30.0 Å². The Hall–Kier alpha value is -2.79. The first-order chi connectivity index (χ1) is 22.6. The zero-order chi connectivity index (χ0) is 34.6. The number of carbonyl (C=O) groups is 4. The highest BCUT2D eigenvalue weighted by molar-refractivity contribution is 7.99. The number of esters is 2. The van der Waals surface area contributed by atoms with Crippen LogP contribution in [0.1, 0.15) is 104 Å². The Bertz CT molecular complexity index is 1090. The predicted molar refractivity (Wildman–Crippen MR) is 174 cm³/mol. The van der Waals surface area contributed by atoms with Crippen LogP contribution in [0.4, 0.5) is 5.82 Å². The third kappa shape index (κ3) is 14.9. The van der Waals surface area contributed by atoms with Crippen LogP contribution in [0.2, 0.25) is 0 Å². The molecular weight excluding hydrogens is 634 g/mol. The molecule has 1 unspecified atom stereocenters. The number of aliphatic hydroxyl groups excluding tert-OH is 3. The minimum atomic E-state index is -1.38. The third-order valence-electron chi connectivity index (χ3n) is 7.48. The lowest BCUT2D eigenvalue weighted by Gasteiger charge is -2.21. The van der Waals surface area contributed by atoms with Crippen molar-refractivity contribution in [3.8, 4) is 0 Å². The molecule has 0 spiro atoms. The number of thioether (sulfide) groups is 1. The molecule has 2 rings (SSSR count). The van der Waals surface area contributed by atoms with Gasteiger partial charge in [-0.2, -0.15) is 11.8 Å². The normalized spacial score (nSPS) is 20.4. The lowest BCUT2D eigenvalue weighted by Crippen LogP contribution is -2.45. The van der Waals surface area contributed by atoms with Gasteiger partial charge in [0.1, 0.15) is 37.1 Å². The number of rotatable bonds is 24. The second-order valence-electron chi connectivity index (χ2n) is 11.6. The SMILES string of the molecule is CCCCCC(=O)N[C@H](CSC[C@@H](COC(=O)CCCCC)OC(=O)CCCCC)C(=O)Nc1cn([C@H]2OC(CO)[C@@H](O)[C@H]2O)nn1. The number of hydrogen-bond acceptors (Lipinski definition) is 13. The number of anilines is 1. The van der Waals surface area contributed by atoms with Crippen LogP contribution in [0.15, 0.2) is 6.20 Å². The highest BCUT2D eigenvalue weighted by Crippen LogP contribution is 2.29. The highest BCUT2D eigenvalue weighted by atomic mass is 32.2. The minimum Gasteiger partial charge on any atom is -0.462 e. The fourth-order valence-corrected chi connectivity index (χ4v) is 5.76. The average molecular weight is 688 g/mol. The number of unbranched alkanes of at least 4 members (excludes halogenated alkanes) is 6. The fourth-order valence-electron chi connectivity index (χ4n) is 4.73. The molecule has 47 heavy (non-hydrogen) atoms. The summed E-state index contributed by atoms with van der Waals surface area (Å²) in [7, 11) is 0. The van der Waals surface area contributed by atoms with E-state index < -0.39 is 49.2 Å². The summed E-state index contributed by atoms with van der Waals surface area (Å²) in [6.45, 7) is 5.48. The van der Waals surface area contributed by atoms with Gasteiger partial charge in [-0.3, -0.25) is 19.2 Å². The molecule has 1 fully saturated rings. The number of carbonyl (C=O) groups excluding carboxylic acids is 4. The van der Waals surface area contributed by atoms with Crippen LogP contribution in [0.25, 0.3) is 0 Å². The van der Waals surface area contributed by atoms with Crippen molar-refractivity contribution in [3.63, 3.8) is 0 Å². The minimum absolute atomic E-state index is 0.0110. The second-order valence-corrected chi connectivity index (χ2v) is 12.7. The van der Waals surface area contributed by atoms with Gasteiger partial charge in [0.25, 0.3) is 0 Å². The number of nitrogens with one attached hydrogen (secondary N) is 2. The van der Waals surface area contributed by atoms with Crippen molar-refractivity contribution in [2.24, 2.45) is 0 Å². The molecule has 2 heterocycles. The topological polar surface area (TPSA) is 211 Å². The van der Waals surface area contributed by atoms with Crippen molar-refractivity contribution >= 4 is 41.3 Å². The number of aliphatic hydroxyl groups is 3. The van der Waals surface area contributed by atoms with Crippen molar-refractivity contribution in [1.29, 1.82) is 0 Å². The summed E-state index contributed by atoms with van der Waals surface area (Å²) in [5, 5.41) is 42.8. The van der Waals surface area contributed by atoms with Crippen LogP contribution < -0.4 is 10.6 Å². The summed E-state index contributed by atoms with van der Waals surface area (Å²) in [5.41, 5.74) is 0. The van der Waals surface area contributed by atoms with Crippen LogP contribution in [0.3, 0.4) is 0 Å². The van der Waals surface area contributed by atoms with Crippen molar-refractivity contribution < 1.29 is 48.7 Å². The summed E-state index contributed by atoms with van der Waals surface area (Å²) >= 11 is 1.26. The third-order valence-corrected chi connectivity index (χ3v) is 8.66. The Morgan fingerprint density at radius 2 is 1.57 bits per heavy atom. The van der Waals surface area contributed by atoms with Crippen LogP contribution >= 0.6 is 11.8 Å². The second kappa shape index (κ2) is 22.7. The van der Waals surface area contributed by atoms with Gasteiger partial charge in [-0.15, -0.1) is 5.10 Å². The average Bonchev–Trinajstić information content (AvgIpc) is 3.62. The highest BCUT2D eigenvalue weighted by Gasteiger charge is 2.44. The van der Waals surface area contributed by atoms with E-state index in [9.17, 15) is 34.5 Å². The molecule has 1 saturated heterocycles. The molecule has 5 N–H and O–H groups in total. The maximum absolute atomic E-state index is 13.3. The first-order valence-electron chi connectivity index (χ1n) is 16.7. The summed E-state index contributed by atoms with van der Waals surface area (Å²) in [6.07, 6.45) is 4.09. The van der Waals surface area contributed by atoms with E-state index in [2.05, 4.69) is 20.9 Å². The Morgan fingerprint density at radius 3 is 2.19 bits per heavy atom.